The highest BCUT2D eigenvalue weighted by atomic mass is 35.5. The topological polar surface area (TPSA) is 74.8 Å². The number of rotatable bonds is 7. The van der Waals surface area contributed by atoms with Crippen LogP contribution in [0.15, 0.2) is 35.6 Å². The van der Waals surface area contributed by atoms with E-state index in [4.69, 9.17) is 16.3 Å². The lowest BCUT2D eigenvalue weighted by Crippen LogP contribution is -2.05. The zero-order valence-electron chi connectivity index (χ0n) is 14.6. The molecule has 1 aromatic carbocycles. The van der Waals surface area contributed by atoms with Crippen LogP contribution in [0.25, 0.3) is 11.4 Å². The van der Waals surface area contributed by atoms with Crippen LogP contribution in [0.1, 0.15) is 17.3 Å². The average molecular weight is 392 g/mol. The van der Waals surface area contributed by atoms with Crippen LogP contribution in [0, 0.1) is 0 Å². The molecule has 2 aromatic heterocycles. The van der Waals surface area contributed by atoms with Crippen LogP contribution < -0.4 is 4.74 Å². The van der Waals surface area contributed by atoms with Crippen LogP contribution >= 0.6 is 23.4 Å². The molecule has 26 heavy (non-hydrogen) atoms. The third kappa shape index (κ3) is 3.76. The Morgan fingerprint density at radius 2 is 2.00 bits per heavy atom. The number of methoxy groups -OCH3 is 1. The first-order chi connectivity index (χ1) is 12.5. The first-order valence-corrected chi connectivity index (χ1v) is 9.32. The number of ketones is 1. The fourth-order valence-electron chi connectivity index (χ4n) is 2.50. The van der Waals surface area contributed by atoms with Crippen molar-refractivity contribution in [2.45, 2.75) is 18.6 Å². The van der Waals surface area contributed by atoms with E-state index in [9.17, 15) is 4.79 Å². The van der Waals surface area contributed by atoms with Crippen molar-refractivity contribution in [2.24, 2.45) is 7.05 Å². The molecule has 0 bridgehead atoms. The van der Waals surface area contributed by atoms with Gasteiger partial charge in [0.25, 0.3) is 0 Å². The molecule has 136 valence electrons. The number of hydrogen-bond acceptors (Lipinski definition) is 6. The molecule has 0 fully saturated rings. The molecule has 0 saturated heterocycles. The van der Waals surface area contributed by atoms with E-state index in [-0.39, 0.29) is 11.5 Å². The van der Waals surface area contributed by atoms with Gasteiger partial charge in [0.2, 0.25) is 5.88 Å². The molecule has 2 heterocycles. The summed E-state index contributed by atoms with van der Waals surface area (Å²) in [7, 11) is 3.39. The van der Waals surface area contributed by atoms with Crippen molar-refractivity contribution in [3.63, 3.8) is 0 Å². The Hall–Kier alpha value is -2.32. The van der Waals surface area contributed by atoms with E-state index in [1.807, 2.05) is 24.7 Å². The number of carbonyl (C=O) groups excluding carboxylic acids is 1. The minimum absolute atomic E-state index is 0.0119. The number of aromatic nitrogens is 5. The molecule has 0 saturated carbocycles. The van der Waals surface area contributed by atoms with E-state index in [1.54, 1.807) is 36.1 Å². The van der Waals surface area contributed by atoms with Gasteiger partial charge in [-0.2, -0.15) is 0 Å². The molecule has 3 aromatic rings. The van der Waals surface area contributed by atoms with Gasteiger partial charge in [-0.3, -0.25) is 9.48 Å². The number of ether oxygens (including phenoxy) is 1. The Labute approximate surface area is 160 Å². The minimum Gasteiger partial charge on any atom is -0.479 e. The van der Waals surface area contributed by atoms with Crippen molar-refractivity contribution in [2.75, 3.05) is 12.9 Å². The zero-order chi connectivity index (χ0) is 18.7. The van der Waals surface area contributed by atoms with Gasteiger partial charge in [-0.25, -0.2) is 0 Å². The molecular weight excluding hydrogens is 374 g/mol. The number of carbonyl (C=O) groups is 1. The van der Waals surface area contributed by atoms with Crippen LogP contribution in [-0.2, 0) is 13.6 Å². The predicted octanol–water partition coefficient (Wildman–Crippen LogP) is 3.34. The lowest BCUT2D eigenvalue weighted by Gasteiger charge is -2.07. The number of aryl methyl sites for hydroxylation is 1. The van der Waals surface area contributed by atoms with Crippen LogP contribution in [-0.4, -0.2) is 43.2 Å². The highest BCUT2D eigenvalue weighted by Crippen LogP contribution is 2.30. The van der Waals surface area contributed by atoms with Gasteiger partial charge >= 0.3 is 0 Å². The standard InChI is InChI=1S/C17H18ClN5O2S/c1-4-23-15(13-9-22(2)21-16(13)25-3)19-20-17(23)26-10-14(24)11-5-7-12(18)8-6-11/h5-9H,4,10H2,1-3H3. The van der Waals surface area contributed by atoms with E-state index < -0.39 is 0 Å². The minimum atomic E-state index is 0.0119. The Bertz CT molecular complexity index is 920. The fourth-order valence-corrected chi connectivity index (χ4v) is 3.52. The van der Waals surface area contributed by atoms with Crippen molar-refractivity contribution >= 4 is 29.1 Å². The molecule has 3 rings (SSSR count). The number of benzene rings is 1. The van der Waals surface area contributed by atoms with Gasteiger partial charge in [0.1, 0.15) is 5.56 Å². The highest BCUT2D eigenvalue weighted by Gasteiger charge is 2.20. The number of hydrogen-bond donors (Lipinski definition) is 0. The Morgan fingerprint density at radius 3 is 2.65 bits per heavy atom. The predicted molar refractivity (Wildman–Crippen MR) is 101 cm³/mol. The third-order valence-electron chi connectivity index (χ3n) is 3.76. The normalized spacial score (nSPS) is 10.9. The molecule has 9 heteroatoms. The van der Waals surface area contributed by atoms with Crippen molar-refractivity contribution in [1.29, 1.82) is 0 Å². The summed E-state index contributed by atoms with van der Waals surface area (Å²) in [4.78, 5) is 12.4. The van der Waals surface area contributed by atoms with Crippen molar-refractivity contribution in [3.8, 4) is 17.3 Å². The summed E-state index contributed by atoms with van der Waals surface area (Å²) in [5, 5.41) is 14.0. The summed E-state index contributed by atoms with van der Waals surface area (Å²) in [6.07, 6.45) is 1.84. The smallest absolute Gasteiger partial charge is 0.243 e. The molecular formula is C17H18ClN5O2S. The average Bonchev–Trinajstić information content (AvgIpc) is 3.22. The van der Waals surface area contributed by atoms with Gasteiger partial charge in [0, 0.05) is 30.4 Å². The highest BCUT2D eigenvalue weighted by molar-refractivity contribution is 7.99. The summed E-state index contributed by atoms with van der Waals surface area (Å²) in [6.45, 7) is 2.67. The molecule has 0 N–H and O–H groups in total. The maximum atomic E-state index is 12.4. The third-order valence-corrected chi connectivity index (χ3v) is 4.98. The Kier molecular flexibility index (Phi) is 5.63. The summed E-state index contributed by atoms with van der Waals surface area (Å²) in [6, 6.07) is 6.87. The van der Waals surface area contributed by atoms with Crippen molar-refractivity contribution in [3.05, 3.63) is 41.0 Å². The number of thioether (sulfide) groups is 1. The molecule has 0 radical (unpaired) electrons. The van der Waals surface area contributed by atoms with Crippen LogP contribution in [0.5, 0.6) is 5.88 Å². The van der Waals surface area contributed by atoms with Gasteiger partial charge in [-0.15, -0.1) is 15.3 Å². The number of Topliss-reactive ketones (excluding diaryl/α,β-unsaturated/α-hetero) is 1. The van der Waals surface area contributed by atoms with E-state index >= 15 is 0 Å². The summed E-state index contributed by atoms with van der Waals surface area (Å²) in [5.74, 6) is 1.43. The number of nitrogens with zero attached hydrogens (tertiary/aromatic N) is 5. The second kappa shape index (κ2) is 7.92. The van der Waals surface area contributed by atoms with Gasteiger partial charge in [0.05, 0.1) is 12.9 Å². The van der Waals surface area contributed by atoms with E-state index in [0.717, 1.165) is 5.56 Å². The van der Waals surface area contributed by atoms with Crippen LogP contribution in [0.2, 0.25) is 5.02 Å². The quantitative estimate of drug-likeness (QED) is 0.454. The van der Waals surface area contributed by atoms with Gasteiger partial charge < -0.3 is 9.30 Å². The summed E-state index contributed by atoms with van der Waals surface area (Å²) >= 11 is 7.21. The van der Waals surface area contributed by atoms with Crippen LogP contribution in [0.4, 0.5) is 0 Å². The van der Waals surface area contributed by atoms with E-state index in [0.29, 0.717) is 34.0 Å². The van der Waals surface area contributed by atoms with Gasteiger partial charge in [-0.1, -0.05) is 23.4 Å². The summed E-state index contributed by atoms with van der Waals surface area (Å²) < 4.78 is 8.92. The van der Waals surface area contributed by atoms with Gasteiger partial charge in [-0.05, 0) is 31.2 Å². The molecule has 0 spiro atoms. The molecule has 0 unspecified atom stereocenters. The van der Waals surface area contributed by atoms with E-state index in [2.05, 4.69) is 15.3 Å². The molecule has 0 aliphatic rings. The van der Waals surface area contributed by atoms with Crippen LogP contribution in [0.3, 0.4) is 0 Å². The second-order valence-electron chi connectivity index (χ2n) is 5.49. The maximum Gasteiger partial charge on any atom is 0.243 e. The zero-order valence-corrected chi connectivity index (χ0v) is 16.2. The largest absolute Gasteiger partial charge is 0.479 e. The molecule has 0 aliphatic carbocycles. The van der Waals surface area contributed by atoms with Crippen molar-refractivity contribution < 1.29 is 9.53 Å². The SMILES string of the molecule is CCn1c(SCC(=O)c2ccc(Cl)cc2)nnc1-c1cn(C)nc1OC. The Morgan fingerprint density at radius 1 is 1.27 bits per heavy atom. The monoisotopic (exact) mass is 391 g/mol. The first-order valence-electron chi connectivity index (χ1n) is 7.96. The lowest BCUT2D eigenvalue weighted by atomic mass is 10.1. The maximum absolute atomic E-state index is 12.4. The molecule has 7 nitrogen and oxygen atoms in total. The molecule has 0 amide bonds. The fraction of sp³-hybridized carbons (Fsp3) is 0.294. The molecule has 0 aliphatic heterocycles. The molecule has 0 atom stereocenters. The number of halogens is 1. The lowest BCUT2D eigenvalue weighted by molar-refractivity contribution is 0.102. The second-order valence-corrected chi connectivity index (χ2v) is 6.87. The van der Waals surface area contributed by atoms with Gasteiger partial charge in [0.15, 0.2) is 16.8 Å². The van der Waals surface area contributed by atoms with E-state index in [1.165, 1.54) is 11.8 Å². The first kappa shape index (κ1) is 18.5. The summed E-state index contributed by atoms with van der Waals surface area (Å²) in [5.41, 5.74) is 1.39. The Balaban J connectivity index is 1.80. The van der Waals surface area contributed by atoms with Crippen molar-refractivity contribution in [1.82, 2.24) is 24.5 Å².